The molecule has 0 saturated carbocycles. The molecule has 2 aromatic rings. The average Bonchev–Trinajstić information content (AvgIpc) is 2.79. The SMILES string of the molecule is O=C(CN1C(=O)[C@H]2CCCCN2C(=O)c2ccccc21)Nc1ccccc1. The zero-order chi connectivity index (χ0) is 18.8. The summed E-state index contributed by atoms with van der Waals surface area (Å²) in [5.74, 6) is -0.605. The first-order chi connectivity index (χ1) is 13.1. The Kier molecular flexibility index (Phi) is 4.62. The Bertz CT molecular complexity index is 881. The van der Waals surface area contributed by atoms with E-state index in [1.807, 2.05) is 18.2 Å². The van der Waals surface area contributed by atoms with Gasteiger partial charge < -0.3 is 15.1 Å². The van der Waals surface area contributed by atoms with Crippen molar-refractivity contribution in [2.24, 2.45) is 0 Å². The summed E-state index contributed by atoms with van der Waals surface area (Å²) in [5.41, 5.74) is 1.65. The summed E-state index contributed by atoms with van der Waals surface area (Å²) < 4.78 is 0. The van der Waals surface area contributed by atoms with Gasteiger partial charge in [-0.25, -0.2) is 0 Å². The minimum Gasteiger partial charge on any atom is -0.327 e. The number of carbonyl (C=O) groups excluding carboxylic acids is 3. The second-order valence-corrected chi connectivity index (χ2v) is 6.87. The van der Waals surface area contributed by atoms with Gasteiger partial charge in [0.1, 0.15) is 12.6 Å². The lowest BCUT2D eigenvalue weighted by molar-refractivity contribution is -0.125. The number of fused-ring (bicyclic) bond motifs is 2. The maximum Gasteiger partial charge on any atom is 0.256 e. The van der Waals surface area contributed by atoms with E-state index in [2.05, 4.69) is 5.32 Å². The van der Waals surface area contributed by atoms with E-state index in [0.29, 0.717) is 29.9 Å². The number of piperidine rings is 1. The molecular weight excluding hydrogens is 342 g/mol. The van der Waals surface area contributed by atoms with Crippen LogP contribution in [0.25, 0.3) is 0 Å². The molecular formula is C21H21N3O3. The summed E-state index contributed by atoms with van der Waals surface area (Å²) in [5, 5.41) is 2.81. The molecule has 6 nitrogen and oxygen atoms in total. The van der Waals surface area contributed by atoms with E-state index in [4.69, 9.17) is 0 Å². The van der Waals surface area contributed by atoms with Gasteiger partial charge in [-0.3, -0.25) is 14.4 Å². The molecule has 1 saturated heterocycles. The second kappa shape index (κ2) is 7.23. The maximum atomic E-state index is 13.2. The lowest BCUT2D eigenvalue weighted by Gasteiger charge is -2.34. The quantitative estimate of drug-likeness (QED) is 0.911. The lowest BCUT2D eigenvalue weighted by atomic mass is 10.0. The minimum absolute atomic E-state index is 0.123. The van der Waals surface area contributed by atoms with Crippen molar-refractivity contribution in [2.45, 2.75) is 25.3 Å². The van der Waals surface area contributed by atoms with Crippen LogP contribution in [0.15, 0.2) is 54.6 Å². The first kappa shape index (κ1) is 17.3. The zero-order valence-electron chi connectivity index (χ0n) is 14.9. The Labute approximate surface area is 157 Å². The largest absolute Gasteiger partial charge is 0.327 e. The molecule has 4 rings (SSSR count). The number of benzene rings is 2. The Balaban J connectivity index is 1.65. The van der Waals surface area contributed by atoms with E-state index < -0.39 is 6.04 Å². The summed E-state index contributed by atoms with van der Waals surface area (Å²) in [6.45, 7) is 0.454. The topological polar surface area (TPSA) is 69.7 Å². The first-order valence-electron chi connectivity index (χ1n) is 9.21. The Morgan fingerprint density at radius 3 is 2.56 bits per heavy atom. The smallest absolute Gasteiger partial charge is 0.256 e. The second-order valence-electron chi connectivity index (χ2n) is 6.87. The number of amides is 3. The van der Waals surface area contributed by atoms with Crippen molar-refractivity contribution in [1.82, 2.24) is 4.90 Å². The molecule has 2 heterocycles. The predicted molar refractivity (Wildman–Crippen MR) is 103 cm³/mol. The standard InChI is InChI=1S/C21H21N3O3/c25-19(22-15-8-2-1-3-9-15)14-24-17-11-5-4-10-16(17)20(26)23-13-7-6-12-18(23)21(24)27/h1-5,8-11,18H,6-7,12-14H2,(H,22,25)/t18-/m1/s1. The Morgan fingerprint density at radius 1 is 1.00 bits per heavy atom. The van der Waals surface area contributed by atoms with Crippen LogP contribution in [0.4, 0.5) is 11.4 Å². The van der Waals surface area contributed by atoms with E-state index in [-0.39, 0.29) is 24.3 Å². The lowest BCUT2D eigenvalue weighted by Crippen LogP contribution is -2.52. The fraction of sp³-hybridized carbons (Fsp3) is 0.286. The summed E-state index contributed by atoms with van der Waals surface area (Å²) >= 11 is 0. The highest BCUT2D eigenvalue weighted by molar-refractivity contribution is 6.13. The normalized spacial score (nSPS) is 19.2. The van der Waals surface area contributed by atoms with Crippen molar-refractivity contribution in [3.63, 3.8) is 0 Å². The number of hydrogen-bond acceptors (Lipinski definition) is 3. The average molecular weight is 363 g/mol. The molecule has 1 atom stereocenters. The van der Waals surface area contributed by atoms with Gasteiger partial charge in [-0.1, -0.05) is 30.3 Å². The van der Waals surface area contributed by atoms with Crippen molar-refractivity contribution in [3.05, 3.63) is 60.2 Å². The van der Waals surface area contributed by atoms with Gasteiger partial charge in [0.15, 0.2) is 0 Å². The molecule has 3 amide bonds. The maximum absolute atomic E-state index is 13.2. The van der Waals surface area contributed by atoms with Crippen LogP contribution in [0.2, 0.25) is 0 Å². The van der Waals surface area contributed by atoms with Crippen LogP contribution in [-0.4, -0.2) is 41.8 Å². The number of hydrogen-bond donors (Lipinski definition) is 1. The van der Waals surface area contributed by atoms with Gasteiger partial charge in [-0.15, -0.1) is 0 Å². The van der Waals surface area contributed by atoms with Crippen molar-refractivity contribution < 1.29 is 14.4 Å². The van der Waals surface area contributed by atoms with Gasteiger partial charge in [-0.05, 0) is 43.5 Å². The molecule has 138 valence electrons. The van der Waals surface area contributed by atoms with Gasteiger partial charge in [0.05, 0.1) is 11.3 Å². The number of rotatable bonds is 3. The molecule has 27 heavy (non-hydrogen) atoms. The number of carbonyl (C=O) groups is 3. The molecule has 0 radical (unpaired) electrons. The molecule has 6 heteroatoms. The number of anilines is 2. The molecule has 2 aromatic carbocycles. The summed E-state index contributed by atoms with van der Waals surface area (Å²) in [6.07, 6.45) is 2.43. The molecule has 1 N–H and O–H groups in total. The van der Waals surface area contributed by atoms with E-state index in [1.54, 1.807) is 41.3 Å². The van der Waals surface area contributed by atoms with Gasteiger partial charge in [-0.2, -0.15) is 0 Å². The van der Waals surface area contributed by atoms with Gasteiger partial charge in [0.2, 0.25) is 11.8 Å². The van der Waals surface area contributed by atoms with E-state index in [9.17, 15) is 14.4 Å². The Hall–Kier alpha value is -3.15. The van der Waals surface area contributed by atoms with Crippen molar-refractivity contribution in [2.75, 3.05) is 23.3 Å². The van der Waals surface area contributed by atoms with Gasteiger partial charge in [0, 0.05) is 12.2 Å². The number of para-hydroxylation sites is 2. The van der Waals surface area contributed by atoms with Crippen LogP contribution >= 0.6 is 0 Å². The molecule has 0 spiro atoms. The third-order valence-electron chi connectivity index (χ3n) is 5.10. The fourth-order valence-electron chi connectivity index (χ4n) is 3.80. The van der Waals surface area contributed by atoms with Crippen LogP contribution in [0.3, 0.4) is 0 Å². The number of nitrogens with one attached hydrogen (secondary N) is 1. The van der Waals surface area contributed by atoms with Crippen LogP contribution in [0, 0.1) is 0 Å². The van der Waals surface area contributed by atoms with Gasteiger partial charge >= 0.3 is 0 Å². The molecule has 0 aliphatic carbocycles. The molecule has 2 aliphatic heterocycles. The summed E-state index contributed by atoms with van der Waals surface area (Å²) in [4.78, 5) is 41.9. The van der Waals surface area contributed by atoms with Crippen LogP contribution in [0.5, 0.6) is 0 Å². The summed E-state index contributed by atoms with van der Waals surface area (Å²) in [7, 11) is 0. The first-order valence-corrected chi connectivity index (χ1v) is 9.21. The van der Waals surface area contributed by atoms with E-state index in [1.165, 1.54) is 4.90 Å². The zero-order valence-corrected chi connectivity index (χ0v) is 14.9. The third kappa shape index (κ3) is 3.30. The van der Waals surface area contributed by atoms with Gasteiger partial charge in [0.25, 0.3) is 5.91 Å². The summed E-state index contributed by atoms with van der Waals surface area (Å²) in [6, 6.07) is 15.7. The van der Waals surface area contributed by atoms with Crippen molar-refractivity contribution in [1.29, 1.82) is 0 Å². The van der Waals surface area contributed by atoms with Crippen LogP contribution < -0.4 is 10.2 Å². The fourth-order valence-corrected chi connectivity index (χ4v) is 3.80. The van der Waals surface area contributed by atoms with Crippen LogP contribution in [0.1, 0.15) is 29.6 Å². The monoisotopic (exact) mass is 363 g/mol. The van der Waals surface area contributed by atoms with Crippen molar-refractivity contribution in [3.8, 4) is 0 Å². The minimum atomic E-state index is -0.497. The highest BCUT2D eigenvalue weighted by Gasteiger charge is 2.40. The van der Waals surface area contributed by atoms with E-state index >= 15 is 0 Å². The highest BCUT2D eigenvalue weighted by Crippen LogP contribution is 2.31. The van der Waals surface area contributed by atoms with Crippen LogP contribution in [-0.2, 0) is 9.59 Å². The molecule has 0 bridgehead atoms. The number of nitrogens with zero attached hydrogens (tertiary/aromatic N) is 2. The molecule has 0 unspecified atom stereocenters. The third-order valence-corrected chi connectivity index (χ3v) is 5.10. The Morgan fingerprint density at radius 2 is 1.74 bits per heavy atom. The molecule has 0 aromatic heterocycles. The molecule has 2 aliphatic rings. The predicted octanol–water partition coefficient (Wildman–Crippen LogP) is 2.67. The van der Waals surface area contributed by atoms with Crippen molar-refractivity contribution >= 4 is 29.1 Å². The molecule has 1 fully saturated rings. The van der Waals surface area contributed by atoms with E-state index in [0.717, 1.165) is 12.8 Å². The highest BCUT2D eigenvalue weighted by atomic mass is 16.2.